The largest absolute Gasteiger partial charge is 0.331 e. The van der Waals surface area contributed by atoms with E-state index in [2.05, 4.69) is 71.8 Å². The van der Waals surface area contributed by atoms with Crippen LogP contribution in [0.4, 0.5) is 0 Å². The Balaban J connectivity index is 1.32. The van der Waals surface area contributed by atoms with E-state index in [1.165, 1.54) is 22.3 Å². The zero-order valence-corrected chi connectivity index (χ0v) is 17.5. The second-order valence-electron chi connectivity index (χ2n) is 8.02. The lowest BCUT2D eigenvalue weighted by atomic mass is 9.89. The predicted molar refractivity (Wildman–Crippen MR) is 116 cm³/mol. The number of aryl methyl sites for hydroxylation is 2. The molecule has 0 spiro atoms. The molecule has 0 bridgehead atoms. The minimum atomic E-state index is -0.00524. The maximum Gasteiger partial charge on any atom is 0.227 e. The quantitative estimate of drug-likeness (QED) is 0.814. The van der Waals surface area contributed by atoms with Crippen molar-refractivity contribution >= 4 is 17.7 Å². The van der Waals surface area contributed by atoms with E-state index >= 15 is 0 Å². The number of fused-ring (bicyclic) bond motifs is 1. The standard InChI is InChI=1S/C23H29N3OS/c1-16-8-9-17(2)19(12-16)15-28-23-24-21-10-11-26(14-20(21)22(27)25-23)13-18-6-4-3-5-7-18/h3-9,12,20-21,23-24H,10-11,13-15H2,1-2H3,(H,25,27). The zero-order chi connectivity index (χ0) is 19.5. The Bertz CT molecular complexity index is 826. The van der Waals surface area contributed by atoms with Crippen molar-refractivity contribution in [3.8, 4) is 0 Å². The molecule has 2 N–H and O–H groups in total. The van der Waals surface area contributed by atoms with Gasteiger partial charge in [-0.3, -0.25) is 15.0 Å². The van der Waals surface area contributed by atoms with Gasteiger partial charge in [-0.1, -0.05) is 54.1 Å². The highest BCUT2D eigenvalue weighted by molar-refractivity contribution is 7.99. The number of carbonyl (C=O) groups is 1. The van der Waals surface area contributed by atoms with Gasteiger partial charge in [-0.05, 0) is 37.0 Å². The number of amides is 1. The summed E-state index contributed by atoms with van der Waals surface area (Å²) in [6, 6.07) is 17.4. The predicted octanol–water partition coefficient (Wildman–Crippen LogP) is 3.43. The van der Waals surface area contributed by atoms with Crippen molar-refractivity contribution in [2.75, 3.05) is 13.1 Å². The highest BCUT2D eigenvalue weighted by Crippen LogP contribution is 2.27. The van der Waals surface area contributed by atoms with Crippen molar-refractivity contribution in [2.24, 2.45) is 5.92 Å². The molecular formula is C23H29N3OS. The highest BCUT2D eigenvalue weighted by atomic mass is 32.2. The Morgan fingerprint density at radius 1 is 1.14 bits per heavy atom. The van der Waals surface area contributed by atoms with Crippen LogP contribution in [0.5, 0.6) is 0 Å². The molecule has 0 aromatic heterocycles. The van der Waals surface area contributed by atoms with Crippen LogP contribution in [0.15, 0.2) is 48.5 Å². The summed E-state index contributed by atoms with van der Waals surface area (Å²) >= 11 is 1.78. The molecule has 0 saturated carbocycles. The van der Waals surface area contributed by atoms with E-state index in [4.69, 9.17) is 0 Å². The van der Waals surface area contributed by atoms with Crippen LogP contribution in [0.25, 0.3) is 0 Å². The molecule has 2 aromatic rings. The summed E-state index contributed by atoms with van der Waals surface area (Å²) in [4.78, 5) is 15.2. The Morgan fingerprint density at radius 3 is 2.79 bits per heavy atom. The molecule has 2 fully saturated rings. The molecule has 1 amide bonds. The molecular weight excluding hydrogens is 366 g/mol. The average Bonchev–Trinajstić information content (AvgIpc) is 2.70. The number of hydrogen-bond donors (Lipinski definition) is 2. The zero-order valence-electron chi connectivity index (χ0n) is 16.7. The second-order valence-corrected chi connectivity index (χ2v) is 9.11. The van der Waals surface area contributed by atoms with Crippen molar-refractivity contribution in [2.45, 2.75) is 44.1 Å². The number of piperidine rings is 1. The van der Waals surface area contributed by atoms with Crippen molar-refractivity contribution in [3.05, 3.63) is 70.8 Å². The van der Waals surface area contributed by atoms with Gasteiger partial charge in [-0.15, -0.1) is 11.8 Å². The van der Waals surface area contributed by atoms with E-state index < -0.39 is 0 Å². The maximum atomic E-state index is 12.8. The van der Waals surface area contributed by atoms with Crippen LogP contribution >= 0.6 is 11.8 Å². The molecule has 2 aliphatic rings. The molecule has 148 valence electrons. The summed E-state index contributed by atoms with van der Waals surface area (Å²) in [6.07, 6.45) is 1.02. The Labute approximate surface area is 172 Å². The molecule has 4 rings (SSSR count). The Kier molecular flexibility index (Phi) is 6.04. The first-order valence-electron chi connectivity index (χ1n) is 10.1. The molecule has 3 unspecified atom stereocenters. The molecule has 3 atom stereocenters. The van der Waals surface area contributed by atoms with Crippen molar-refractivity contribution in [1.82, 2.24) is 15.5 Å². The monoisotopic (exact) mass is 395 g/mol. The minimum Gasteiger partial charge on any atom is -0.331 e. The third-order valence-corrected chi connectivity index (χ3v) is 6.90. The van der Waals surface area contributed by atoms with Gasteiger partial charge < -0.3 is 5.32 Å². The van der Waals surface area contributed by atoms with E-state index in [1.54, 1.807) is 11.8 Å². The van der Waals surface area contributed by atoms with Gasteiger partial charge >= 0.3 is 0 Å². The normalized spacial score (nSPS) is 25.2. The number of benzene rings is 2. The fourth-order valence-corrected chi connectivity index (χ4v) is 5.29. The van der Waals surface area contributed by atoms with Crippen LogP contribution < -0.4 is 10.6 Å². The number of hydrogen-bond acceptors (Lipinski definition) is 4. The highest BCUT2D eigenvalue weighted by Gasteiger charge is 2.39. The van der Waals surface area contributed by atoms with Gasteiger partial charge in [0.15, 0.2) is 0 Å². The lowest BCUT2D eigenvalue weighted by Gasteiger charge is -2.43. The van der Waals surface area contributed by atoms with E-state index in [9.17, 15) is 4.79 Å². The summed E-state index contributed by atoms with van der Waals surface area (Å²) in [5.74, 6) is 1.14. The number of thioether (sulfide) groups is 1. The smallest absolute Gasteiger partial charge is 0.227 e. The fourth-order valence-electron chi connectivity index (χ4n) is 4.16. The second kappa shape index (κ2) is 8.68. The molecule has 2 aliphatic heterocycles. The fraction of sp³-hybridized carbons (Fsp3) is 0.435. The average molecular weight is 396 g/mol. The lowest BCUT2D eigenvalue weighted by molar-refractivity contribution is -0.130. The third kappa shape index (κ3) is 4.59. The van der Waals surface area contributed by atoms with Gasteiger partial charge in [-0.2, -0.15) is 0 Å². The number of likely N-dealkylation sites (tertiary alicyclic amines) is 1. The van der Waals surface area contributed by atoms with Gasteiger partial charge in [0.05, 0.1) is 5.92 Å². The molecule has 0 radical (unpaired) electrons. The Hall–Kier alpha value is -1.82. The number of nitrogens with zero attached hydrogens (tertiary/aromatic N) is 1. The molecule has 28 heavy (non-hydrogen) atoms. The van der Waals surface area contributed by atoms with Crippen LogP contribution in [-0.4, -0.2) is 35.4 Å². The first-order chi connectivity index (χ1) is 13.6. The third-order valence-electron chi connectivity index (χ3n) is 5.83. The van der Waals surface area contributed by atoms with Crippen molar-refractivity contribution in [3.63, 3.8) is 0 Å². The molecule has 4 nitrogen and oxygen atoms in total. The first kappa shape index (κ1) is 19.5. The van der Waals surface area contributed by atoms with Crippen LogP contribution in [0.3, 0.4) is 0 Å². The van der Waals surface area contributed by atoms with E-state index in [0.29, 0.717) is 0 Å². The summed E-state index contributed by atoms with van der Waals surface area (Å²) < 4.78 is 0. The van der Waals surface area contributed by atoms with Gasteiger partial charge in [0.25, 0.3) is 0 Å². The van der Waals surface area contributed by atoms with Crippen LogP contribution in [0.2, 0.25) is 0 Å². The van der Waals surface area contributed by atoms with E-state index in [0.717, 1.165) is 31.8 Å². The number of rotatable bonds is 5. The minimum absolute atomic E-state index is 0.00524. The molecule has 2 heterocycles. The number of carbonyl (C=O) groups excluding carboxylic acids is 1. The summed E-state index contributed by atoms with van der Waals surface area (Å²) in [6.45, 7) is 7.06. The van der Waals surface area contributed by atoms with E-state index in [1.807, 2.05) is 6.07 Å². The molecule has 2 aromatic carbocycles. The molecule has 5 heteroatoms. The summed E-state index contributed by atoms with van der Waals surface area (Å²) in [7, 11) is 0. The van der Waals surface area contributed by atoms with Gasteiger partial charge in [0.2, 0.25) is 5.91 Å². The van der Waals surface area contributed by atoms with Gasteiger partial charge in [0.1, 0.15) is 5.50 Å². The maximum absolute atomic E-state index is 12.8. The van der Waals surface area contributed by atoms with Crippen molar-refractivity contribution < 1.29 is 4.79 Å². The van der Waals surface area contributed by atoms with Crippen molar-refractivity contribution in [1.29, 1.82) is 0 Å². The summed E-state index contributed by atoms with van der Waals surface area (Å²) in [5.41, 5.74) is 5.25. The topological polar surface area (TPSA) is 44.4 Å². The SMILES string of the molecule is Cc1ccc(C)c(CSC2NC(=O)C3CN(Cc4ccccc4)CCC3N2)c1. The van der Waals surface area contributed by atoms with Crippen LogP contribution in [-0.2, 0) is 17.1 Å². The number of nitrogens with one attached hydrogen (secondary N) is 2. The summed E-state index contributed by atoms with van der Waals surface area (Å²) in [5, 5.41) is 6.87. The molecule has 0 aliphatic carbocycles. The lowest BCUT2D eigenvalue weighted by Crippen LogP contribution is -2.64. The van der Waals surface area contributed by atoms with Crippen LogP contribution in [0.1, 0.15) is 28.7 Å². The molecule has 2 saturated heterocycles. The first-order valence-corrected chi connectivity index (χ1v) is 11.1. The van der Waals surface area contributed by atoms with E-state index in [-0.39, 0.29) is 23.4 Å². The Morgan fingerprint density at radius 2 is 1.96 bits per heavy atom. The van der Waals surface area contributed by atoms with Gasteiger partial charge in [0, 0.05) is 31.4 Å². The van der Waals surface area contributed by atoms with Gasteiger partial charge in [-0.25, -0.2) is 0 Å². The van der Waals surface area contributed by atoms with Crippen LogP contribution in [0, 0.1) is 19.8 Å².